The topological polar surface area (TPSA) is 26.0 Å². The third kappa shape index (κ3) is 3.14. The molecule has 0 aliphatic rings. The van der Waals surface area contributed by atoms with Crippen molar-refractivity contribution in [3.05, 3.63) is 65.2 Å². The Labute approximate surface area is 115 Å². The van der Waals surface area contributed by atoms with E-state index in [0.29, 0.717) is 0 Å². The Hall–Kier alpha value is -1.39. The molecule has 0 saturated heterocycles. The lowest BCUT2D eigenvalue weighted by Gasteiger charge is -2.16. The average molecular weight is 279 g/mol. The number of halogens is 2. The number of nitrogens with two attached hydrogens (primary N) is 1. The molecule has 0 aromatic heterocycles. The number of hydrogen-bond acceptors (Lipinski definition) is 2. The molecule has 4 heteroatoms. The van der Waals surface area contributed by atoms with Crippen LogP contribution >= 0.6 is 11.8 Å². The van der Waals surface area contributed by atoms with Crippen LogP contribution in [0.4, 0.5) is 8.78 Å². The highest BCUT2D eigenvalue weighted by atomic mass is 32.2. The van der Waals surface area contributed by atoms with Crippen molar-refractivity contribution in [2.24, 2.45) is 5.73 Å². The van der Waals surface area contributed by atoms with Gasteiger partial charge in [0.15, 0.2) is 0 Å². The zero-order chi connectivity index (χ0) is 13.8. The number of thioether (sulfide) groups is 1. The predicted molar refractivity (Wildman–Crippen MR) is 75.2 cm³/mol. The summed E-state index contributed by atoms with van der Waals surface area (Å²) in [5, 5.41) is 0. The summed E-state index contributed by atoms with van der Waals surface area (Å²) >= 11 is 1.58. The van der Waals surface area contributed by atoms with Gasteiger partial charge in [-0.1, -0.05) is 24.3 Å². The molecule has 1 nitrogen and oxygen atoms in total. The molecule has 0 aliphatic heterocycles. The molecule has 0 saturated carbocycles. The molecule has 0 amide bonds. The molecule has 0 spiro atoms. The smallest absolute Gasteiger partial charge is 0.129 e. The summed E-state index contributed by atoms with van der Waals surface area (Å²) in [6.45, 7) is 0. The van der Waals surface area contributed by atoms with E-state index >= 15 is 0 Å². The first-order valence-corrected chi connectivity index (χ1v) is 7.17. The summed E-state index contributed by atoms with van der Waals surface area (Å²) in [4.78, 5) is 1.03. The quantitative estimate of drug-likeness (QED) is 0.858. The minimum atomic E-state index is -0.544. The molecule has 0 fully saturated rings. The summed E-state index contributed by atoms with van der Waals surface area (Å²) in [6.07, 6.45) is 2.10. The van der Waals surface area contributed by atoms with Crippen molar-refractivity contribution in [3.63, 3.8) is 0 Å². The van der Waals surface area contributed by atoms with Crippen LogP contribution in [0.3, 0.4) is 0 Å². The van der Waals surface area contributed by atoms with Crippen LogP contribution in [0, 0.1) is 11.6 Å². The zero-order valence-corrected chi connectivity index (χ0v) is 11.4. The molecule has 0 heterocycles. The van der Waals surface area contributed by atoms with Crippen molar-refractivity contribution in [3.8, 4) is 0 Å². The lowest BCUT2D eigenvalue weighted by Crippen LogP contribution is -2.16. The largest absolute Gasteiger partial charge is 0.324 e. The van der Waals surface area contributed by atoms with E-state index in [2.05, 4.69) is 0 Å². The lowest BCUT2D eigenvalue weighted by atomic mass is 9.99. The first-order valence-electron chi connectivity index (χ1n) is 5.95. The maximum Gasteiger partial charge on any atom is 0.129 e. The van der Waals surface area contributed by atoms with Crippen LogP contribution in [0.25, 0.3) is 0 Å². The average Bonchev–Trinajstić information content (AvgIpc) is 2.42. The minimum Gasteiger partial charge on any atom is -0.324 e. The fourth-order valence-electron chi connectivity index (χ4n) is 2.03. The van der Waals surface area contributed by atoms with E-state index in [-0.39, 0.29) is 12.0 Å². The summed E-state index contributed by atoms with van der Waals surface area (Å²) in [5.74, 6) is -1.09. The standard InChI is InChI=1S/C15H15F2NS/c1-19-15-8-3-2-5-10(15)14(18)9-11-12(16)6-4-7-13(11)17/h2-8,14H,9,18H2,1H3. The van der Waals surface area contributed by atoms with Crippen LogP contribution in [0.1, 0.15) is 17.2 Å². The maximum absolute atomic E-state index is 13.6. The van der Waals surface area contributed by atoms with Gasteiger partial charge in [-0.2, -0.15) is 0 Å². The number of rotatable bonds is 4. The second kappa shape index (κ2) is 6.17. The zero-order valence-electron chi connectivity index (χ0n) is 10.6. The van der Waals surface area contributed by atoms with Gasteiger partial charge in [-0.25, -0.2) is 8.78 Å². The fraction of sp³-hybridized carbons (Fsp3) is 0.200. The van der Waals surface area contributed by atoms with Gasteiger partial charge in [0.2, 0.25) is 0 Å². The summed E-state index contributed by atoms with van der Waals surface area (Å²) < 4.78 is 27.2. The van der Waals surface area contributed by atoms with E-state index in [1.807, 2.05) is 30.5 Å². The highest BCUT2D eigenvalue weighted by molar-refractivity contribution is 7.98. The van der Waals surface area contributed by atoms with Gasteiger partial charge in [-0.05, 0) is 36.4 Å². The van der Waals surface area contributed by atoms with Gasteiger partial charge in [-0.3, -0.25) is 0 Å². The normalized spacial score (nSPS) is 12.4. The Morgan fingerprint density at radius 3 is 2.32 bits per heavy atom. The molecule has 0 radical (unpaired) electrons. The lowest BCUT2D eigenvalue weighted by molar-refractivity contribution is 0.538. The van der Waals surface area contributed by atoms with E-state index < -0.39 is 17.7 Å². The SMILES string of the molecule is CSc1ccccc1C(N)Cc1c(F)cccc1F. The molecule has 0 aliphatic carbocycles. The van der Waals surface area contributed by atoms with Crippen molar-refractivity contribution >= 4 is 11.8 Å². The molecule has 100 valence electrons. The van der Waals surface area contributed by atoms with Gasteiger partial charge >= 0.3 is 0 Å². The van der Waals surface area contributed by atoms with Crippen molar-refractivity contribution in [1.82, 2.24) is 0 Å². The first kappa shape index (κ1) is 14.0. The molecule has 2 rings (SSSR count). The van der Waals surface area contributed by atoms with Crippen LogP contribution < -0.4 is 5.73 Å². The third-order valence-corrected chi connectivity index (χ3v) is 3.84. The van der Waals surface area contributed by atoms with Crippen LogP contribution in [0.2, 0.25) is 0 Å². The van der Waals surface area contributed by atoms with Crippen molar-refractivity contribution in [1.29, 1.82) is 0 Å². The Kier molecular flexibility index (Phi) is 4.56. The Bertz CT molecular complexity index is 552. The molecule has 2 aromatic rings. The summed E-state index contributed by atoms with van der Waals surface area (Å²) in [6, 6.07) is 11.1. The molecule has 19 heavy (non-hydrogen) atoms. The summed E-state index contributed by atoms with van der Waals surface area (Å²) in [7, 11) is 0. The third-order valence-electron chi connectivity index (χ3n) is 3.02. The molecule has 2 N–H and O–H groups in total. The molecule has 0 bridgehead atoms. The van der Waals surface area contributed by atoms with Crippen molar-refractivity contribution in [2.45, 2.75) is 17.4 Å². The monoisotopic (exact) mass is 279 g/mol. The van der Waals surface area contributed by atoms with Crippen LogP contribution in [0.15, 0.2) is 47.4 Å². The van der Waals surface area contributed by atoms with E-state index in [4.69, 9.17) is 5.73 Å². The second-order valence-corrected chi connectivity index (χ2v) is 5.10. The molecular weight excluding hydrogens is 264 g/mol. The van der Waals surface area contributed by atoms with Crippen LogP contribution in [-0.4, -0.2) is 6.26 Å². The number of hydrogen-bond donors (Lipinski definition) is 1. The van der Waals surface area contributed by atoms with Gasteiger partial charge in [0.1, 0.15) is 11.6 Å². The van der Waals surface area contributed by atoms with Gasteiger partial charge < -0.3 is 5.73 Å². The van der Waals surface area contributed by atoms with Crippen molar-refractivity contribution in [2.75, 3.05) is 6.26 Å². The van der Waals surface area contributed by atoms with E-state index in [9.17, 15) is 8.78 Å². The van der Waals surface area contributed by atoms with Crippen molar-refractivity contribution < 1.29 is 8.78 Å². The van der Waals surface area contributed by atoms with Gasteiger partial charge in [0.05, 0.1) is 0 Å². The molecule has 1 atom stereocenters. The van der Waals surface area contributed by atoms with Gasteiger partial charge in [0, 0.05) is 16.5 Å². The predicted octanol–water partition coefficient (Wildman–Crippen LogP) is 3.93. The minimum absolute atomic E-state index is 0.0471. The summed E-state index contributed by atoms with van der Waals surface area (Å²) in [5.41, 5.74) is 7.06. The highest BCUT2D eigenvalue weighted by Gasteiger charge is 2.16. The van der Waals surface area contributed by atoms with E-state index in [1.165, 1.54) is 18.2 Å². The first-order chi connectivity index (χ1) is 9.13. The maximum atomic E-state index is 13.6. The Balaban J connectivity index is 2.28. The Morgan fingerprint density at radius 1 is 1.05 bits per heavy atom. The molecule has 1 unspecified atom stereocenters. The van der Waals surface area contributed by atoms with E-state index in [0.717, 1.165) is 10.5 Å². The fourth-order valence-corrected chi connectivity index (χ4v) is 2.70. The highest BCUT2D eigenvalue weighted by Crippen LogP contribution is 2.27. The van der Waals surface area contributed by atoms with Crippen LogP contribution in [-0.2, 0) is 6.42 Å². The van der Waals surface area contributed by atoms with Gasteiger partial charge in [-0.15, -0.1) is 11.8 Å². The Morgan fingerprint density at radius 2 is 1.68 bits per heavy atom. The number of benzene rings is 2. The van der Waals surface area contributed by atoms with Gasteiger partial charge in [0.25, 0.3) is 0 Å². The molecule has 2 aromatic carbocycles. The second-order valence-electron chi connectivity index (χ2n) is 4.25. The van der Waals surface area contributed by atoms with Crippen LogP contribution in [0.5, 0.6) is 0 Å². The molecular formula is C15H15F2NS. The van der Waals surface area contributed by atoms with E-state index in [1.54, 1.807) is 11.8 Å².